The van der Waals surface area contributed by atoms with Crippen molar-refractivity contribution in [2.75, 3.05) is 45.3 Å². The Morgan fingerprint density at radius 1 is 0.811 bits per heavy atom. The Morgan fingerprint density at radius 3 is 2.19 bits per heavy atom. The molecule has 7 heteroatoms. The maximum absolute atomic E-state index is 13.8. The Morgan fingerprint density at radius 2 is 1.51 bits per heavy atom. The number of carbonyl (C=O) groups excluding carboxylic acids is 2. The second kappa shape index (κ2) is 10.3. The van der Waals surface area contributed by atoms with E-state index >= 15 is 0 Å². The number of carbonyl (C=O) groups is 2. The van der Waals surface area contributed by atoms with E-state index in [4.69, 9.17) is 14.5 Å². The molecule has 0 radical (unpaired) electrons. The number of fused-ring (bicyclic) bond motifs is 1. The van der Waals surface area contributed by atoms with Crippen LogP contribution in [0.3, 0.4) is 0 Å². The van der Waals surface area contributed by atoms with Gasteiger partial charge in [-0.25, -0.2) is 4.98 Å². The third-order valence-electron chi connectivity index (χ3n) is 6.83. The van der Waals surface area contributed by atoms with Crippen LogP contribution in [0, 0.1) is 0 Å². The number of pyridine rings is 1. The van der Waals surface area contributed by atoms with Crippen LogP contribution < -0.4 is 14.4 Å². The highest BCUT2D eigenvalue weighted by Crippen LogP contribution is 2.33. The minimum absolute atomic E-state index is 0.00750. The Balaban J connectivity index is 1.41. The average molecular weight is 496 g/mol. The summed E-state index contributed by atoms with van der Waals surface area (Å²) in [6.45, 7) is 4.22. The van der Waals surface area contributed by atoms with E-state index < -0.39 is 0 Å². The van der Waals surface area contributed by atoms with E-state index in [0.29, 0.717) is 41.4 Å². The molecule has 3 aromatic carbocycles. The smallest absolute Gasteiger partial charge is 0.254 e. The number of amides is 1. The Bertz CT molecular complexity index is 1460. The number of benzene rings is 3. The molecule has 2 heterocycles. The summed E-state index contributed by atoms with van der Waals surface area (Å²) in [4.78, 5) is 34.3. The van der Waals surface area contributed by atoms with E-state index in [1.165, 1.54) is 0 Å². The fraction of sp³-hybridized carbons (Fsp3) is 0.233. The zero-order chi connectivity index (χ0) is 25.9. The molecule has 0 atom stereocenters. The second-order valence-corrected chi connectivity index (χ2v) is 9.02. The Kier molecular flexibility index (Phi) is 6.77. The van der Waals surface area contributed by atoms with Gasteiger partial charge in [0.05, 0.1) is 31.0 Å². The molecule has 1 saturated heterocycles. The molecule has 4 aromatic rings. The lowest BCUT2D eigenvalue weighted by Crippen LogP contribution is -2.48. The lowest BCUT2D eigenvalue weighted by molar-refractivity contribution is 0.0748. The number of rotatable bonds is 6. The van der Waals surface area contributed by atoms with Crippen molar-refractivity contribution >= 4 is 28.3 Å². The average Bonchev–Trinajstić information content (AvgIpc) is 2.96. The Labute approximate surface area is 216 Å². The van der Waals surface area contributed by atoms with Crippen LogP contribution in [0.1, 0.15) is 27.6 Å². The molecule has 5 rings (SSSR count). The van der Waals surface area contributed by atoms with E-state index in [9.17, 15) is 9.59 Å². The SMILES string of the molecule is COc1ccc(-c2cc(C(=O)N3CCN(c4ccc(C(C)=O)cc4)CC3)c3ccccc3n2)cc1OC. The maximum Gasteiger partial charge on any atom is 0.254 e. The summed E-state index contributed by atoms with van der Waals surface area (Å²) in [5, 5.41) is 0.832. The molecule has 0 saturated carbocycles. The third kappa shape index (κ3) is 4.85. The van der Waals surface area contributed by atoms with Crippen LogP contribution >= 0.6 is 0 Å². The fourth-order valence-electron chi connectivity index (χ4n) is 4.74. The van der Waals surface area contributed by atoms with Gasteiger partial charge in [0.1, 0.15) is 0 Å². The van der Waals surface area contributed by atoms with E-state index in [2.05, 4.69) is 4.90 Å². The zero-order valence-electron chi connectivity index (χ0n) is 21.2. The Hall–Kier alpha value is -4.39. The summed E-state index contributed by atoms with van der Waals surface area (Å²) in [6, 6.07) is 22.9. The molecule has 188 valence electrons. The van der Waals surface area contributed by atoms with Gasteiger partial charge in [0.2, 0.25) is 0 Å². The lowest BCUT2D eigenvalue weighted by atomic mass is 10.0. The molecule has 0 N–H and O–H groups in total. The van der Waals surface area contributed by atoms with Crippen molar-refractivity contribution in [2.45, 2.75) is 6.92 Å². The van der Waals surface area contributed by atoms with Crippen molar-refractivity contribution in [3.8, 4) is 22.8 Å². The quantitative estimate of drug-likeness (QED) is 0.347. The standard InChI is InChI=1S/C30H29N3O4/c1-20(34)21-8-11-23(12-9-21)32-14-16-33(17-15-32)30(35)25-19-27(31-26-7-5-4-6-24(25)26)22-10-13-28(36-2)29(18-22)37-3/h4-13,18-19H,14-17H2,1-3H3. The number of anilines is 1. The number of ketones is 1. The van der Waals surface area contributed by atoms with Gasteiger partial charge in [-0.1, -0.05) is 18.2 Å². The number of hydrogen-bond acceptors (Lipinski definition) is 6. The fourth-order valence-corrected chi connectivity index (χ4v) is 4.74. The van der Waals surface area contributed by atoms with Crippen molar-refractivity contribution < 1.29 is 19.1 Å². The van der Waals surface area contributed by atoms with Gasteiger partial charge < -0.3 is 19.3 Å². The summed E-state index contributed by atoms with van der Waals surface area (Å²) in [7, 11) is 3.20. The first-order chi connectivity index (χ1) is 18.0. The lowest BCUT2D eigenvalue weighted by Gasteiger charge is -2.36. The monoisotopic (exact) mass is 495 g/mol. The summed E-state index contributed by atoms with van der Waals surface area (Å²) >= 11 is 0. The second-order valence-electron chi connectivity index (χ2n) is 9.02. The molecule has 0 spiro atoms. The number of hydrogen-bond donors (Lipinski definition) is 0. The van der Waals surface area contributed by atoms with Gasteiger partial charge in [0, 0.05) is 48.4 Å². The van der Waals surface area contributed by atoms with E-state index in [-0.39, 0.29) is 11.7 Å². The first-order valence-corrected chi connectivity index (χ1v) is 12.3. The predicted octanol–water partition coefficient (Wildman–Crippen LogP) is 5.08. The number of nitrogens with zero attached hydrogens (tertiary/aromatic N) is 3. The number of piperazine rings is 1. The molecule has 1 amide bonds. The van der Waals surface area contributed by atoms with Crippen LogP contribution in [0.25, 0.3) is 22.2 Å². The van der Waals surface area contributed by atoms with Gasteiger partial charge in [0.25, 0.3) is 5.91 Å². The van der Waals surface area contributed by atoms with Gasteiger partial charge in [0.15, 0.2) is 17.3 Å². The molecule has 0 unspecified atom stereocenters. The van der Waals surface area contributed by atoms with Crippen molar-refractivity contribution in [3.63, 3.8) is 0 Å². The van der Waals surface area contributed by atoms with Crippen molar-refractivity contribution in [1.29, 1.82) is 0 Å². The van der Waals surface area contributed by atoms with Crippen LogP contribution in [0.15, 0.2) is 72.8 Å². The molecular formula is C30H29N3O4. The first kappa shape index (κ1) is 24.3. The normalized spacial score (nSPS) is 13.5. The number of aromatic nitrogens is 1. The van der Waals surface area contributed by atoms with Gasteiger partial charge in [-0.15, -0.1) is 0 Å². The number of ether oxygens (including phenoxy) is 2. The number of methoxy groups -OCH3 is 2. The van der Waals surface area contributed by atoms with Crippen molar-refractivity contribution in [2.24, 2.45) is 0 Å². The molecule has 7 nitrogen and oxygen atoms in total. The predicted molar refractivity (Wildman–Crippen MR) is 145 cm³/mol. The van der Waals surface area contributed by atoms with Gasteiger partial charge >= 0.3 is 0 Å². The summed E-state index contributed by atoms with van der Waals surface area (Å²) in [5.41, 5.74) is 4.70. The largest absolute Gasteiger partial charge is 0.493 e. The summed E-state index contributed by atoms with van der Waals surface area (Å²) < 4.78 is 10.8. The zero-order valence-corrected chi connectivity index (χ0v) is 21.2. The van der Waals surface area contributed by atoms with Crippen LogP contribution in [0.5, 0.6) is 11.5 Å². The van der Waals surface area contributed by atoms with Gasteiger partial charge in [-0.2, -0.15) is 0 Å². The molecular weight excluding hydrogens is 466 g/mol. The van der Waals surface area contributed by atoms with E-state index in [1.807, 2.05) is 77.7 Å². The summed E-state index contributed by atoms with van der Waals surface area (Å²) in [6.07, 6.45) is 0. The van der Waals surface area contributed by atoms with Crippen molar-refractivity contribution in [1.82, 2.24) is 9.88 Å². The number of Topliss-reactive ketones (excluding diaryl/α,β-unsaturated/α-hetero) is 1. The van der Waals surface area contributed by atoms with Crippen LogP contribution in [-0.2, 0) is 0 Å². The van der Waals surface area contributed by atoms with Crippen LogP contribution in [0.2, 0.25) is 0 Å². The van der Waals surface area contributed by atoms with E-state index in [1.54, 1.807) is 21.1 Å². The highest BCUT2D eigenvalue weighted by molar-refractivity contribution is 6.07. The highest BCUT2D eigenvalue weighted by atomic mass is 16.5. The molecule has 1 aliphatic heterocycles. The minimum Gasteiger partial charge on any atom is -0.493 e. The molecule has 1 aliphatic rings. The third-order valence-corrected chi connectivity index (χ3v) is 6.83. The maximum atomic E-state index is 13.8. The van der Waals surface area contributed by atoms with Crippen LogP contribution in [-0.4, -0.2) is 62.0 Å². The first-order valence-electron chi connectivity index (χ1n) is 12.3. The van der Waals surface area contributed by atoms with E-state index in [0.717, 1.165) is 35.2 Å². The van der Waals surface area contributed by atoms with Crippen molar-refractivity contribution in [3.05, 3.63) is 83.9 Å². The minimum atomic E-state index is -0.00750. The molecule has 0 bridgehead atoms. The van der Waals surface area contributed by atoms with Gasteiger partial charge in [-0.3, -0.25) is 9.59 Å². The molecule has 1 fully saturated rings. The van der Waals surface area contributed by atoms with Crippen LogP contribution in [0.4, 0.5) is 5.69 Å². The molecule has 37 heavy (non-hydrogen) atoms. The summed E-state index contributed by atoms with van der Waals surface area (Å²) in [5.74, 6) is 1.29. The van der Waals surface area contributed by atoms with Gasteiger partial charge in [-0.05, 0) is 61.5 Å². The number of para-hydroxylation sites is 1. The molecule has 1 aromatic heterocycles. The topological polar surface area (TPSA) is 72.0 Å². The highest BCUT2D eigenvalue weighted by Gasteiger charge is 2.25. The molecule has 0 aliphatic carbocycles.